The first-order valence-corrected chi connectivity index (χ1v) is 17.1. The molecule has 5 rings (SSSR count). The van der Waals surface area contributed by atoms with Crippen LogP contribution >= 0.6 is 0 Å². The monoisotopic (exact) mass is 710 g/mol. The van der Waals surface area contributed by atoms with Gasteiger partial charge in [-0.2, -0.15) is 0 Å². The first kappa shape index (κ1) is 38.9. The fourth-order valence-corrected chi connectivity index (χ4v) is 6.44. The van der Waals surface area contributed by atoms with Crippen LogP contribution in [0.2, 0.25) is 0 Å². The van der Waals surface area contributed by atoms with Crippen molar-refractivity contribution in [3.05, 3.63) is 59.7 Å². The molecule has 2 aromatic rings. The Bertz CT molecular complexity index is 1590. The van der Waals surface area contributed by atoms with Gasteiger partial charge in [-0.05, 0) is 89.5 Å². The van der Waals surface area contributed by atoms with E-state index >= 15 is 0 Å². The molecule has 14 nitrogen and oxygen atoms in total. The Hall–Kier alpha value is -4.85. The fraction of sp³-hybridized carbons (Fsp3) is 0.541. The van der Waals surface area contributed by atoms with Gasteiger partial charge in [0, 0.05) is 19.0 Å². The zero-order chi connectivity index (χ0) is 37.8. The Kier molecular flexibility index (Phi) is 11.6. The van der Waals surface area contributed by atoms with Crippen molar-refractivity contribution in [1.82, 2.24) is 15.1 Å². The molecule has 2 fully saturated rings. The van der Waals surface area contributed by atoms with Gasteiger partial charge < -0.3 is 45.3 Å². The summed E-state index contributed by atoms with van der Waals surface area (Å²) in [5, 5.41) is 21.5. The molecule has 14 heteroatoms. The molecule has 0 radical (unpaired) electrons. The zero-order valence-electron chi connectivity index (χ0n) is 30.2. The second-order valence-electron chi connectivity index (χ2n) is 15.3. The predicted molar refractivity (Wildman–Crippen MR) is 187 cm³/mol. The minimum atomic E-state index is -1.64. The minimum Gasteiger partial charge on any atom is -0.480 e. The number of nitrogens with one attached hydrogen (secondary N) is 1. The van der Waals surface area contributed by atoms with Crippen LogP contribution in [-0.4, -0.2) is 105 Å². The van der Waals surface area contributed by atoms with E-state index in [0.29, 0.717) is 32.4 Å². The molecule has 278 valence electrons. The maximum Gasteiger partial charge on any atom is 0.410 e. The lowest BCUT2D eigenvalue weighted by atomic mass is 9.89. The smallest absolute Gasteiger partial charge is 0.410 e. The van der Waals surface area contributed by atoms with Crippen molar-refractivity contribution in [3.63, 3.8) is 0 Å². The molecule has 0 spiro atoms. The van der Waals surface area contributed by atoms with Crippen LogP contribution in [0.1, 0.15) is 84.3 Å². The summed E-state index contributed by atoms with van der Waals surface area (Å²) in [6, 6.07) is 16.0. The maximum atomic E-state index is 12.8. The normalized spacial score (nSPS) is 21.6. The minimum absolute atomic E-state index is 0.00273. The Labute approximate surface area is 298 Å². The number of benzene rings is 2. The Balaban J connectivity index is 0.000000289. The molecule has 0 aromatic heterocycles. The van der Waals surface area contributed by atoms with Crippen LogP contribution in [0, 0.1) is 0 Å². The number of rotatable bonds is 5. The van der Waals surface area contributed by atoms with E-state index in [4.69, 9.17) is 25.1 Å². The molecular weight excluding hydrogens is 660 g/mol. The Morgan fingerprint density at radius 2 is 1.24 bits per heavy atom. The van der Waals surface area contributed by atoms with Crippen LogP contribution in [0.5, 0.6) is 0 Å². The molecule has 2 saturated heterocycles. The second kappa shape index (κ2) is 15.2. The van der Waals surface area contributed by atoms with E-state index in [1.165, 1.54) is 9.80 Å². The molecular formula is C37H50N4O10. The van der Waals surface area contributed by atoms with Crippen LogP contribution in [0.15, 0.2) is 48.5 Å². The van der Waals surface area contributed by atoms with Crippen molar-refractivity contribution in [2.75, 3.05) is 32.8 Å². The molecule has 2 atom stereocenters. The number of carboxylic acids is 2. The van der Waals surface area contributed by atoms with Gasteiger partial charge in [-0.25, -0.2) is 19.2 Å². The average Bonchev–Trinajstić information content (AvgIpc) is 3.36. The standard InChI is InChI=1S/C26H30N2O6.C11H20N2O4/c1-25(2,3)34-24(32)28-14-8-13-26(16-28,22(29)30)27-23(31)33-15-21-19-11-6-4-9-17(19)18-10-5-7-12-20(18)21;1-10(2,3)17-9(16)13-6-4-5-11(12,7-13)8(14)15/h4-7,9-12,21H,8,13-16H2,1-3H3,(H,27,31)(H,29,30);4-7,12H2,1-3H3,(H,14,15). The van der Waals surface area contributed by atoms with Gasteiger partial charge in [-0.15, -0.1) is 0 Å². The number of alkyl carbamates (subject to hydrolysis) is 1. The molecule has 2 aliphatic heterocycles. The SMILES string of the molecule is CC(C)(C)OC(=O)N1CCCC(N)(C(=O)O)C1.CC(C)(C)OC(=O)N1CCCC(NC(=O)OCC2c3ccccc3-c3ccccc32)(C(=O)O)C1. The number of ether oxygens (including phenoxy) is 3. The van der Waals surface area contributed by atoms with Crippen molar-refractivity contribution in [2.45, 2.75) is 95.4 Å². The van der Waals surface area contributed by atoms with Gasteiger partial charge in [-0.1, -0.05) is 48.5 Å². The summed E-state index contributed by atoms with van der Waals surface area (Å²) >= 11 is 0. The van der Waals surface area contributed by atoms with E-state index in [1.807, 2.05) is 48.5 Å². The van der Waals surface area contributed by atoms with Gasteiger partial charge in [-0.3, -0.25) is 4.79 Å². The third kappa shape index (κ3) is 9.69. The number of fused-ring (bicyclic) bond motifs is 3. The van der Waals surface area contributed by atoms with E-state index in [2.05, 4.69) is 5.32 Å². The third-order valence-electron chi connectivity index (χ3n) is 8.84. The summed E-state index contributed by atoms with van der Waals surface area (Å²) < 4.78 is 16.1. The van der Waals surface area contributed by atoms with Gasteiger partial charge in [0.15, 0.2) is 5.54 Å². The van der Waals surface area contributed by atoms with Crippen LogP contribution in [-0.2, 0) is 23.8 Å². The number of hydrogen-bond acceptors (Lipinski definition) is 9. The fourth-order valence-electron chi connectivity index (χ4n) is 6.44. The van der Waals surface area contributed by atoms with E-state index in [0.717, 1.165) is 22.3 Å². The highest BCUT2D eigenvalue weighted by atomic mass is 16.6. The highest BCUT2D eigenvalue weighted by Gasteiger charge is 2.46. The first-order chi connectivity index (χ1) is 23.7. The van der Waals surface area contributed by atoms with Gasteiger partial charge in [0.05, 0.1) is 13.1 Å². The van der Waals surface area contributed by atoms with Crippen molar-refractivity contribution in [3.8, 4) is 11.1 Å². The molecule has 0 bridgehead atoms. The number of carboxylic acid groups (broad SMARTS) is 2. The molecule has 2 aromatic carbocycles. The third-order valence-corrected chi connectivity index (χ3v) is 8.84. The maximum absolute atomic E-state index is 12.8. The number of carbonyl (C=O) groups excluding carboxylic acids is 3. The summed E-state index contributed by atoms with van der Waals surface area (Å²) in [7, 11) is 0. The van der Waals surface area contributed by atoms with E-state index < -0.39 is 52.5 Å². The van der Waals surface area contributed by atoms with E-state index in [1.54, 1.807) is 41.5 Å². The van der Waals surface area contributed by atoms with E-state index in [9.17, 15) is 29.1 Å². The quantitative estimate of drug-likeness (QED) is 0.298. The number of likely N-dealkylation sites (tertiary alicyclic amines) is 2. The summed E-state index contributed by atoms with van der Waals surface area (Å²) in [5.41, 5.74) is 5.80. The molecule has 3 aliphatic rings. The van der Waals surface area contributed by atoms with Crippen molar-refractivity contribution in [2.24, 2.45) is 5.73 Å². The Morgan fingerprint density at radius 3 is 1.71 bits per heavy atom. The molecule has 5 N–H and O–H groups in total. The summed E-state index contributed by atoms with van der Waals surface area (Å²) in [6.45, 7) is 11.3. The van der Waals surface area contributed by atoms with Crippen LogP contribution in [0.3, 0.4) is 0 Å². The number of nitrogens with zero attached hydrogens (tertiary/aromatic N) is 2. The first-order valence-electron chi connectivity index (χ1n) is 17.1. The molecule has 2 unspecified atom stereocenters. The average molecular weight is 711 g/mol. The number of aliphatic carboxylic acids is 2. The largest absolute Gasteiger partial charge is 0.480 e. The van der Waals surface area contributed by atoms with E-state index in [-0.39, 0.29) is 32.0 Å². The molecule has 2 heterocycles. The predicted octanol–water partition coefficient (Wildman–Crippen LogP) is 5.18. The van der Waals surface area contributed by atoms with Crippen LogP contribution in [0.4, 0.5) is 14.4 Å². The molecule has 3 amide bonds. The lowest BCUT2D eigenvalue weighted by molar-refractivity contribution is -0.147. The number of carbonyl (C=O) groups is 5. The van der Waals surface area contributed by atoms with Gasteiger partial charge in [0.1, 0.15) is 23.3 Å². The highest BCUT2D eigenvalue weighted by Crippen LogP contribution is 2.44. The summed E-state index contributed by atoms with van der Waals surface area (Å²) in [6.07, 6.45) is -0.388. The topological polar surface area (TPSA) is 198 Å². The highest BCUT2D eigenvalue weighted by molar-refractivity contribution is 5.86. The summed E-state index contributed by atoms with van der Waals surface area (Å²) in [4.78, 5) is 63.0. The molecule has 0 saturated carbocycles. The number of nitrogens with two attached hydrogens (primary N) is 1. The lowest BCUT2D eigenvalue weighted by Gasteiger charge is -2.40. The van der Waals surface area contributed by atoms with Crippen LogP contribution in [0.25, 0.3) is 11.1 Å². The number of amides is 3. The zero-order valence-corrected chi connectivity index (χ0v) is 30.2. The molecule has 1 aliphatic carbocycles. The van der Waals surface area contributed by atoms with Gasteiger partial charge in [0.2, 0.25) is 0 Å². The Morgan fingerprint density at radius 1 is 0.765 bits per heavy atom. The lowest BCUT2D eigenvalue weighted by Crippen LogP contribution is -2.64. The summed E-state index contributed by atoms with van der Waals surface area (Å²) in [5.74, 6) is -2.43. The second-order valence-corrected chi connectivity index (χ2v) is 15.3. The number of piperidine rings is 2. The van der Waals surface area contributed by atoms with Gasteiger partial charge >= 0.3 is 30.2 Å². The van der Waals surface area contributed by atoms with Crippen LogP contribution < -0.4 is 11.1 Å². The van der Waals surface area contributed by atoms with Crippen molar-refractivity contribution in [1.29, 1.82) is 0 Å². The van der Waals surface area contributed by atoms with Gasteiger partial charge in [0.25, 0.3) is 0 Å². The van der Waals surface area contributed by atoms with Crippen molar-refractivity contribution >= 4 is 30.2 Å². The molecule has 51 heavy (non-hydrogen) atoms. The van der Waals surface area contributed by atoms with Crippen molar-refractivity contribution < 1.29 is 48.4 Å². The number of hydrogen-bond donors (Lipinski definition) is 4.